The Balaban J connectivity index is 1.81. The van der Waals surface area contributed by atoms with Crippen LogP contribution in [-0.2, 0) is 4.79 Å². The van der Waals surface area contributed by atoms with Crippen molar-refractivity contribution >= 4 is 34.4 Å². The lowest BCUT2D eigenvalue weighted by Gasteiger charge is -2.41. The van der Waals surface area contributed by atoms with Gasteiger partial charge in [-0.25, -0.2) is 0 Å². The molecular formula is C27H24N2O2S. The Bertz CT molecular complexity index is 1240. The highest BCUT2D eigenvalue weighted by Gasteiger charge is 2.43. The third kappa shape index (κ3) is 3.39. The topological polar surface area (TPSA) is 64.4 Å². The van der Waals surface area contributed by atoms with E-state index in [0.29, 0.717) is 23.1 Å². The van der Waals surface area contributed by atoms with Crippen molar-refractivity contribution in [1.82, 2.24) is 0 Å². The molecule has 3 aromatic rings. The normalized spacial score (nSPS) is 20.4. The van der Waals surface area contributed by atoms with Crippen LogP contribution < -0.4 is 4.90 Å². The van der Waals surface area contributed by atoms with Crippen LogP contribution in [0.15, 0.2) is 89.0 Å². The molecule has 0 saturated carbocycles. The first-order chi connectivity index (χ1) is 15.6. The molecule has 0 bridgehead atoms. The van der Waals surface area contributed by atoms with Gasteiger partial charge in [-0.05, 0) is 43.3 Å². The number of Topliss-reactive ketones (excluding diaryl/α,β-unsaturated/α-hetero) is 1. The summed E-state index contributed by atoms with van der Waals surface area (Å²) < 4.78 is 0. The van der Waals surface area contributed by atoms with E-state index in [9.17, 15) is 15.3 Å². The van der Waals surface area contributed by atoms with Crippen molar-refractivity contribution < 1.29 is 9.90 Å². The molecular weight excluding hydrogens is 416 g/mol. The fourth-order valence-corrected chi connectivity index (χ4v) is 5.50. The Morgan fingerprint density at radius 3 is 2.47 bits per heavy atom. The molecule has 1 unspecified atom stereocenters. The number of carbonyl (C=O) groups excluding carboxylic acids is 1. The first kappa shape index (κ1) is 20.5. The Morgan fingerprint density at radius 2 is 1.78 bits per heavy atom. The maximum Gasteiger partial charge on any atom is 0.161 e. The van der Waals surface area contributed by atoms with Crippen LogP contribution >= 0.6 is 11.3 Å². The lowest BCUT2D eigenvalue weighted by molar-refractivity contribution is -0.116. The summed E-state index contributed by atoms with van der Waals surface area (Å²) in [4.78, 5) is 16.1. The van der Waals surface area contributed by atoms with Gasteiger partial charge in [0.15, 0.2) is 5.78 Å². The highest BCUT2D eigenvalue weighted by molar-refractivity contribution is 7.10. The van der Waals surface area contributed by atoms with Crippen LogP contribution in [0.3, 0.4) is 0 Å². The van der Waals surface area contributed by atoms with Gasteiger partial charge in [-0.2, -0.15) is 0 Å². The summed E-state index contributed by atoms with van der Waals surface area (Å²) in [5.74, 6) is -0.0563. The van der Waals surface area contributed by atoms with Gasteiger partial charge in [-0.1, -0.05) is 54.1 Å². The molecule has 0 saturated heterocycles. The number of nitrogens with zero attached hydrogens (tertiary/aromatic N) is 1. The Kier molecular flexibility index (Phi) is 5.27. The lowest BCUT2D eigenvalue weighted by Crippen LogP contribution is -2.42. The van der Waals surface area contributed by atoms with Gasteiger partial charge in [0.25, 0.3) is 0 Å². The van der Waals surface area contributed by atoms with Crippen LogP contribution in [0.5, 0.6) is 0 Å². The number of aliphatic hydroxyl groups excluding tert-OH is 1. The number of nitrogens with one attached hydrogen (secondary N) is 1. The Labute approximate surface area is 191 Å². The number of carbonyl (C=O) groups is 1. The van der Waals surface area contributed by atoms with E-state index in [0.717, 1.165) is 34.7 Å². The summed E-state index contributed by atoms with van der Waals surface area (Å²) in [5.41, 5.74) is 4.66. The number of aryl methyl sites for hydroxylation is 1. The van der Waals surface area contributed by atoms with E-state index in [2.05, 4.69) is 0 Å². The van der Waals surface area contributed by atoms with Gasteiger partial charge in [0.05, 0.1) is 11.5 Å². The van der Waals surface area contributed by atoms with Crippen molar-refractivity contribution in [2.75, 3.05) is 4.90 Å². The van der Waals surface area contributed by atoms with Crippen LogP contribution in [0.2, 0.25) is 0 Å². The molecule has 32 heavy (non-hydrogen) atoms. The van der Waals surface area contributed by atoms with E-state index >= 15 is 0 Å². The number of benzene rings is 2. The second-order valence-electron chi connectivity index (χ2n) is 8.23. The van der Waals surface area contributed by atoms with Crippen molar-refractivity contribution in [3.05, 3.63) is 105 Å². The van der Waals surface area contributed by atoms with E-state index in [-0.39, 0.29) is 17.4 Å². The van der Waals surface area contributed by atoms with Crippen LogP contribution in [0.25, 0.3) is 5.76 Å². The summed E-state index contributed by atoms with van der Waals surface area (Å²) in [5, 5.41) is 22.7. The van der Waals surface area contributed by atoms with Gasteiger partial charge in [0.2, 0.25) is 0 Å². The second kappa shape index (κ2) is 8.24. The maximum atomic E-state index is 13.3. The predicted molar refractivity (Wildman–Crippen MR) is 130 cm³/mol. The summed E-state index contributed by atoms with van der Waals surface area (Å²) in [6.07, 6.45) is 2.00. The molecule has 1 atom stereocenters. The number of amidine groups is 1. The molecule has 1 aliphatic heterocycles. The van der Waals surface area contributed by atoms with E-state index in [4.69, 9.17) is 0 Å². The molecule has 0 fully saturated rings. The van der Waals surface area contributed by atoms with Crippen molar-refractivity contribution in [2.24, 2.45) is 0 Å². The third-order valence-electron chi connectivity index (χ3n) is 6.18. The number of hydrogen-bond donors (Lipinski definition) is 2. The molecule has 1 aromatic heterocycles. The van der Waals surface area contributed by atoms with Crippen LogP contribution in [0.1, 0.15) is 41.2 Å². The number of allylic oxidation sites excluding steroid dienone is 2. The van der Waals surface area contributed by atoms with E-state index in [1.807, 2.05) is 83.9 Å². The van der Waals surface area contributed by atoms with Gasteiger partial charge < -0.3 is 5.11 Å². The third-order valence-corrected chi connectivity index (χ3v) is 7.11. The summed E-state index contributed by atoms with van der Waals surface area (Å²) in [6.45, 7) is 2.00. The molecule has 0 spiro atoms. The average Bonchev–Trinajstić information content (AvgIpc) is 3.34. The van der Waals surface area contributed by atoms with Crippen molar-refractivity contribution in [1.29, 1.82) is 5.41 Å². The highest BCUT2D eigenvalue weighted by atomic mass is 32.1. The number of para-hydroxylation sites is 1. The molecule has 2 N–H and O–H groups in total. The predicted octanol–water partition coefficient (Wildman–Crippen LogP) is 6.61. The molecule has 5 heteroatoms. The fourth-order valence-electron chi connectivity index (χ4n) is 4.66. The van der Waals surface area contributed by atoms with E-state index in [1.165, 1.54) is 0 Å². The molecule has 5 rings (SSSR count). The number of ketones is 1. The second-order valence-corrected chi connectivity index (χ2v) is 9.21. The van der Waals surface area contributed by atoms with Crippen molar-refractivity contribution in [2.45, 2.75) is 32.1 Å². The smallest absolute Gasteiger partial charge is 0.161 e. The standard InChI is InChI=1S/C27H24N2O2S/c1-17-12-14-18(15-13-17)26(31)25-24(22-11-6-16-32-22)23-20(9-5-10-21(23)30)29(27(25)28)19-7-3-2-4-8-19/h2-4,6-8,11-16,24,28,31H,5,9-10H2,1H3/b26-25+,28-27?. The fraction of sp³-hybridized carbons (Fsp3) is 0.185. The minimum Gasteiger partial charge on any atom is -0.507 e. The molecule has 2 aliphatic rings. The molecule has 4 nitrogen and oxygen atoms in total. The largest absolute Gasteiger partial charge is 0.507 e. The zero-order valence-electron chi connectivity index (χ0n) is 17.8. The van der Waals surface area contributed by atoms with Gasteiger partial charge in [-0.3, -0.25) is 15.1 Å². The molecule has 0 amide bonds. The molecule has 1 aliphatic carbocycles. The lowest BCUT2D eigenvalue weighted by atomic mass is 9.76. The van der Waals surface area contributed by atoms with E-state index in [1.54, 1.807) is 11.3 Å². The first-order valence-corrected chi connectivity index (χ1v) is 11.7. The SMILES string of the molecule is Cc1ccc(/C(O)=C2\C(=N)N(c3ccccc3)C3=C(C(=O)CCC3)C2c2cccs2)cc1. The van der Waals surface area contributed by atoms with Gasteiger partial charge in [0.1, 0.15) is 11.6 Å². The van der Waals surface area contributed by atoms with Crippen molar-refractivity contribution in [3.8, 4) is 0 Å². The quantitative estimate of drug-likeness (QED) is 0.450. The summed E-state index contributed by atoms with van der Waals surface area (Å²) in [7, 11) is 0. The molecule has 0 radical (unpaired) electrons. The van der Waals surface area contributed by atoms with Gasteiger partial charge >= 0.3 is 0 Å². The summed E-state index contributed by atoms with van der Waals surface area (Å²) >= 11 is 1.56. The number of hydrogen-bond acceptors (Lipinski definition) is 4. The first-order valence-electron chi connectivity index (χ1n) is 10.8. The molecule has 2 heterocycles. The van der Waals surface area contributed by atoms with Crippen LogP contribution in [-0.4, -0.2) is 16.7 Å². The van der Waals surface area contributed by atoms with Gasteiger partial charge in [0, 0.05) is 33.8 Å². The Morgan fingerprint density at radius 1 is 1.03 bits per heavy atom. The van der Waals surface area contributed by atoms with E-state index < -0.39 is 5.92 Å². The van der Waals surface area contributed by atoms with Gasteiger partial charge in [-0.15, -0.1) is 11.3 Å². The zero-order chi connectivity index (χ0) is 22.2. The summed E-state index contributed by atoms with van der Waals surface area (Å²) in [6, 6.07) is 21.3. The Hall–Kier alpha value is -3.44. The number of aliphatic hydroxyl groups is 1. The maximum absolute atomic E-state index is 13.3. The number of rotatable bonds is 3. The number of anilines is 1. The average molecular weight is 441 g/mol. The minimum absolute atomic E-state index is 0.0549. The monoisotopic (exact) mass is 440 g/mol. The zero-order valence-corrected chi connectivity index (χ0v) is 18.7. The number of thiophene rings is 1. The molecule has 160 valence electrons. The van der Waals surface area contributed by atoms with Crippen LogP contribution in [0.4, 0.5) is 5.69 Å². The minimum atomic E-state index is -0.438. The van der Waals surface area contributed by atoms with Crippen LogP contribution in [0, 0.1) is 12.3 Å². The van der Waals surface area contributed by atoms with Crippen molar-refractivity contribution in [3.63, 3.8) is 0 Å². The highest BCUT2D eigenvalue weighted by Crippen LogP contribution is 2.48. The molecule has 2 aromatic carbocycles.